The van der Waals surface area contributed by atoms with Crippen molar-refractivity contribution >= 4 is 15.9 Å². The fourth-order valence-corrected chi connectivity index (χ4v) is 3.62. The third-order valence-corrected chi connectivity index (χ3v) is 5.50. The molecular weight excluding hydrogens is 401 g/mol. The number of rotatable bonds is 7. The van der Waals surface area contributed by atoms with Gasteiger partial charge in [0.2, 0.25) is 15.7 Å². The third kappa shape index (κ3) is 6.52. The van der Waals surface area contributed by atoms with Gasteiger partial charge >= 0.3 is 11.3 Å². The van der Waals surface area contributed by atoms with Crippen molar-refractivity contribution in [2.75, 3.05) is 0 Å². The number of halogens is 1. The van der Waals surface area contributed by atoms with Gasteiger partial charge in [-0.15, -0.1) is 5.10 Å². The van der Waals surface area contributed by atoms with Gasteiger partial charge in [0.1, 0.15) is 17.5 Å². The van der Waals surface area contributed by atoms with Crippen LogP contribution in [0.2, 0.25) is 0 Å². The lowest BCUT2D eigenvalue weighted by Gasteiger charge is -2.24. The summed E-state index contributed by atoms with van der Waals surface area (Å²) in [6, 6.07) is 4.54. The second-order valence-electron chi connectivity index (χ2n) is 7.80. The molecule has 1 N–H and O–H groups in total. The average molecular weight is 427 g/mol. The van der Waals surface area contributed by atoms with E-state index in [4.69, 9.17) is 9.15 Å². The van der Waals surface area contributed by atoms with Gasteiger partial charge in [0, 0.05) is 0 Å². The van der Waals surface area contributed by atoms with Crippen molar-refractivity contribution in [2.45, 2.75) is 63.7 Å². The van der Waals surface area contributed by atoms with Gasteiger partial charge in [0.25, 0.3) is 0 Å². The predicted octanol–water partition coefficient (Wildman–Crippen LogP) is 3.79. The first-order valence-electron chi connectivity index (χ1n) is 9.21. The summed E-state index contributed by atoms with van der Waals surface area (Å²) >= 11 is 0. The summed E-state index contributed by atoms with van der Waals surface area (Å²) in [5, 5.41) is 9.53. The molecule has 29 heavy (non-hydrogen) atoms. The summed E-state index contributed by atoms with van der Waals surface area (Å²) in [7, 11) is -3.98. The van der Waals surface area contributed by atoms with Crippen molar-refractivity contribution < 1.29 is 26.8 Å². The molecule has 1 aromatic carbocycles. The minimum atomic E-state index is -3.98. The fourth-order valence-electron chi connectivity index (χ4n) is 2.50. The maximum absolute atomic E-state index is 13.3. The molecule has 0 saturated carbocycles. The van der Waals surface area contributed by atoms with E-state index < -0.39 is 44.4 Å². The summed E-state index contributed by atoms with van der Waals surface area (Å²) in [6.07, 6.45) is -0.0148. The lowest BCUT2D eigenvalue weighted by Crippen LogP contribution is -2.37. The Kier molecular flexibility index (Phi) is 6.99. The van der Waals surface area contributed by atoms with Gasteiger partial charge in [-0.1, -0.05) is 37.5 Å². The minimum Gasteiger partial charge on any atom is -0.444 e. The van der Waals surface area contributed by atoms with Gasteiger partial charge in [-0.3, -0.25) is 0 Å². The highest BCUT2D eigenvalue weighted by Gasteiger charge is 2.31. The molecule has 1 unspecified atom stereocenters. The van der Waals surface area contributed by atoms with Crippen LogP contribution in [-0.2, 0) is 20.3 Å². The first-order valence-corrected chi connectivity index (χ1v) is 10.9. The lowest BCUT2D eigenvalue weighted by atomic mass is 9.99. The first-order chi connectivity index (χ1) is 13.4. The Bertz CT molecular complexity index is 953. The van der Waals surface area contributed by atoms with E-state index in [0.717, 1.165) is 6.07 Å². The SMILES string of the molecule is CCC(C)[C@H](NC(=O)OC(C)(C)C)c1nnc(S(=O)(=O)Cc2cccc(F)c2)o1. The number of nitrogens with zero attached hydrogens (tertiary/aromatic N) is 2. The van der Waals surface area contributed by atoms with Crippen LogP contribution in [0.5, 0.6) is 0 Å². The standard InChI is InChI=1S/C19H26FN3O5S/c1-6-12(2)15(21-17(24)28-19(3,4)5)16-22-23-18(27-16)29(25,26)11-13-8-7-9-14(20)10-13/h7-10,12,15H,6,11H2,1-5H3,(H,21,24)/t12?,15-/m0/s1. The van der Waals surface area contributed by atoms with E-state index in [9.17, 15) is 17.6 Å². The zero-order chi connectivity index (χ0) is 21.8. The number of carbonyl (C=O) groups is 1. The molecule has 0 saturated heterocycles. The van der Waals surface area contributed by atoms with Crippen LogP contribution in [0.15, 0.2) is 33.9 Å². The zero-order valence-electron chi connectivity index (χ0n) is 17.1. The summed E-state index contributed by atoms with van der Waals surface area (Å²) < 4.78 is 49.1. The topological polar surface area (TPSA) is 111 Å². The van der Waals surface area contributed by atoms with Crippen LogP contribution in [-0.4, -0.2) is 30.3 Å². The summed E-state index contributed by atoms with van der Waals surface area (Å²) in [5.74, 6) is -1.19. The van der Waals surface area contributed by atoms with E-state index >= 15 is 0 Å². The second kappa shape index (κ2) is 8.89. The van der Waals surface area contributed by atoms with Crippen LogP contribution in [0.4, 0.5) is 9.18 Å². The third-order valence-electron chi connectivity index (χ3n) is 4.09. The van der Waals surface area contributed by atoms with Crippen LogP contribution in [0.1, 0.15) is 58.5 Å². The highest BCUT2D eigenvalue weighted by Crippen LogP contribution is 2.26. The first kappa shape index (κ1) is 22.8. The minimum absolute atomic E-state index is 0.0389. The molecule has 0 aliphatic heterocycles. The number of benzene rings is 1. The molecule has 0 fully saturated rings. The number of aromatic nitrogens is 2. The Morgan fingerprint density at radius 2 is 2.00 bits per heavy atom. The van der Waals surface area contributed by atoms with E-state index in [-0.39, 0.29) is 17.4 Å². The molecule has 2 aromatic rings. The number of amides is 1. The number of sulfone groups is 1. The number of nitrogens with one attached hydrogen (secondary N) is 1. The molecule has 0 spiro atoms. The van der Waals surface area contributed by atoms with Crippen LogP contribution >= 0.6 is 0 Å². The van der Waals surface area contributed by atoms with Crippen LogP contribution in [0.25, 0.3) is 0 Å². The van der Waals surface area contributed by atoms with E-state index in [0.29, 0.717) is 6.42 Å². The second-order valence-corrected chi connectivity index (χ2v) is 9.67. The monoisotopic (exact) mass is 427 g/mol. The van der Waals surface area contributed by atoms with Gasteiger partial charge in [0.15, 0.2) is 0 Å². The van der Waals surface area contributed by atoms with E-state index in [1.54, 1.807) is 20.8 Å². The van der Waals surface area contributed by atoms with Crippen molar-refractivity contribution in [3.63, 3.8) is 0 Å². The molecule has 2 rings (SSSR count). The quantitative estimate of drug-likeness (QED) is 0.715. The Balaban J connectivity index is 2.24. The Hall–Kier alpha value is -2.49. The summed E-state index contributed by atoms with van der Waals surface area (Å²) in [6.45, 7) is 8.96. The predicted molar refractivity (Wildman–Crippen MR) is 103 cm³/mol. The Morgan fingerprint density at radius 1 is 1.31 bits per heavy atom. The summed E-state index contributed by atoms with van der Waals surface area (Å²) in [4.78, 5) is 12.2. The van der Waals surface area contributed by atoms with Crippen molar-refractivity contribution in [1.29, 1.82) is 0 Å². The normalized spacial score (nSPS) is 14.3. The molecule has 10 heteroatoms. The number of carbonyl (C=O) groups excluding carboxylic acids is 1. The molecule has 8 nitrogen and oxygen atoms in total. The molecule has 0 bridgehead atoms. The van der Waals surface area contributed by atoms with Crippen LogP contribution < -0.4 is 5.32 Å². The highest BCUT2D eigenvalue weighted by molar-refractivity contribution is 7.90. The smallest absolute Gasteiger partial charge is 0.408 e. The van der Waals surface area contributed by atoms with Gasteiger partial charge in [0.05, 0.1) is 5.75 Å². The molecule has 1 amide bonds. The lowest BCUT2D eigenvalue weighted by molar-refractivity contribution is 0.0473. The zero-order valence-corrected chi connectivity index (χ0v) is 17.9. The van der Waals surface area contributed by atoms with Crippen LogP contribution in [0, 0.1) is 11.7 Å². The fraction of sp³-hybridized carbons (Fsp3) is 0.526. The molecule has 160 valence electrons. The summed E-state index contributed by atoms with van der Waals surface area (Å²) in [5.41, 5.74) is -0.437. The molecular formula is C19H26FN3O5S. The number of hydrogen-bond donors (Lipinski definition) is 1. The van der Waals surface area contributed by atoms with Gasteiger partial charge < -0.3 is 14.5 Å². The Labute approximate surface area is 169 Å². The molecule has 1 heterocycles. The van der Waals surface area contributed by atoms with Gasteiger partial charge in [-0.2, -0.15) is 0 Å². The number of ether oxygens (including phenoxy) is 1. The molecule has 0 radical (unpaired) electrons. The van der Waals surface area contributed by atoms with Crippen molar-refractivity contribution in [2.24, 2.45) is 5.92 Å². The molecule has 0 aliphatic carbocycles. The maximum atomic E-state index is 13.3. The van der Waals surface area contributed by atoms with Crippen molar-refractivity contribution in [3.8, 4) is 0 Å². The van der Waals surface area contributed by atoms with E-state index in [2.05, 4.69) is 15.5 Å². The molecule has 1 aromatic heterocycles. The number of hydrogen-bond acceptors (Lipinski definition) is 7. The van der Waals surface area contributed by atoms with Gasteiger partial charge in [-0.05, 0) is 44.4 Å². The Morgan fingerprint density at radius 3 is 2.59 bits per heavy atom. The van der Waals surface area contributed by atoms with Crippen LogP contribution in [0.3, 0.4) is 0 Å². The highest BCUT2D eigenvalue weighted by atomic mass is 32.2. The van der Waals surface area contributed by atoms with E-state index in [1.807, 2.05) is 13.8 Å². The molecule has 0 aliphatic rings. The average Bonchev–Trinajstić information content (AvgIpc) is 3.08. The maximum Gasteiger partial charge on any atom is 0.408 e. The van der Waals surface area contributed by atoms with Crippen molar-refractivity contribution in [1.82, 2.24) is 15.5 Å². The van der Waals surface area contributed by atoms with Gasteiger partial charge in [-0.25, -0.2) is 17.6 Å². The molecule has 2 atom stereocenters. The largest absolute Gasteiger partial charge is 0.444 e. The van der Waals surface area contributed by atoms with Crippen molar-refractivity contribution in [3.05, 3.63) is 41.5 Å². The van der Waals surface area contributed by atoms with E-state index in [1.165, 1.54) is 18.2 Å². The number of alkyl carbamates (subject to hydrolysis) is 1.